The number of hydrogen-bond acceptors (Lipinski definition) is 5. The Morgan fingerprint density at radius 2 is 2.22 bits per heavy atom. The first-order chi connectivity index (χ1) is 8.54. The van der Waals surface area contributed by atoms with Crippen LogP contribution in [0, 0.1) is 5.92 Å². The van der Waals surface area contributed by atoms with Crippen molar-refractivity contribution in [3.05, 3.63) is 0 Å². The minimum Gasteiger partial charge on any atom is -0.314 e. The van der Waals surface area contributed by atoms with Gasteiger partial charge in [-0.05, 0) is 25.8 Å². The normalized spacial score (nSPS) is 34.9. The summed E-state index contributed by atoms with van der Waals surface area (Å²) < 4.78 is 24.3. The molecule has 6 heteroatoms. The second kappa shape index (κ2) is 6.11. The zero-order chi connectivity index (χ0) is 13.2. The molecule has 0 bridgehead atoms. The lowest BCUT2D eigenvalue weighted by Crippen LogP contribution is -2.50. The molecular formula is C12H24N2O2S2. The van der Waals surface area contributed by atoms with Gasteiger partial charge in [-0.1, -0.05) is 6.92 Å². The van der Waals surface area contributed by atoms with E-state index >= 15 is 0 Å². The molecule has 2 fully saturated rings. The van der Waals surface area contributed by atoms with E-state index in [9.17, 15) is 8.42 Å². The molecule has 0 aliphatic carbocycles. The Morgan fingerprint density at radius 3 is 2.83 bits per heavy atom. The van der Waals surface area contributed by atoms with Crippen molar-refractivity contribution in [3.63, 3.8) is 0 Å². The van der Waals surface area contributed by atoms with Crippen LogP contribution in [-0.4, -0.2) is 61.6 Å². The molecule has 0 aromatic heterocycles. The molecule has 18 heavy (non-hydrogen) atoms. The predicted molar refractivity (Wildman–Crippen MR) is 77.7 cm³/mol. The SMILES string of the molecule is CCS(=O)(=O)C1CSCCN1CC1CCNC1C. The van der Waals surface area contributed by atoms with Crippen LogP contribution in [0.5, 0.6) is 0 Å². The van der Waals surface area contributed by atoms with E-state index < -0.39 is 9.84 Å². The lowest BCUT2D eigenvalue weighted by atomic mass is 10.0. The molecule has 0 aromatic rings. The molecule has 0 aromatic carbocycles. The van der Waals surface area contributed by atoms with Gasteiger partial charge in [-0.15, -0.1) is 0 Å². The monoisotopic (exact) mass is 292 g/mol. The van der Waals surface area contributed by atoms with E-state index in [-0.39, 0.29) is 11.1 Å². The van der Waals surface area contributed by atoms with E-state index in [0.29, 0.717) is 12.0 Å². The van der Waals surface area contributed by atoms with Crippen LogP contribution < -0.4 is 5.32 Å². The van der Waals surface area contributed by atoms with Gasteiger partial charge in [0.2, 0.25) is 0 Å². The molecule has 2 aliphatic heterocycles. The quantitative estimate of drug-likeness (QED) is 0.830. The van der Waals surface area contributed by atoms with Gasteiger partial charge in [-0.3, -0.25) is 4.90 Å². The third-order valence-corrected chi connectivity index (χ3v) is 7.50. The summed E-state index contributed by atoms with van der Waals surface area (Å²) in [7, 11) is -2.94. The van der Waals surface area contributed by atoms with E-state index in [1.54, 1.807) is 18.7 Å². The van der Waals surface area contributed by atoms with Crippen molar-refractivity contribution in [1.29, 1.82) is 0 Å². The summed E-state index contributed by atoms with van der Waals surface area (Å²) in [5, 5.41) is 3.19. The maximum atomic E-state index is 12.1. The van der Waals surface area contributed by atoms with Gasteiger partial charge in [0.05, 0.1) is 0 Å². The van der Waals surface area contributed by atoms with E-state index in [0.717, 1.165) is 31.1 Å². The maximum absolute atomic E-state index is 12.1. The Morgan fingerprint density at radius 1 is 1.44 bits per heavy atom. The van der Waals surface area contributed by atoms with E-state index in [1.165, 1.54) is 6.42 Å². The fourth-order valence-corrected chi connectivity index (χ4v) is 5.90. The summed E-state index contributed by atoms with van der Waals surface area (Å²) in [5.41, 5.74) is 0. The summed E-state index contributed by atoms with van der Waals surface area (Å²) >= 11 is 1.77. The van der Waals surface area contributed by atoms with E-state index in [2.05, 4.69) is 17.1 Å². The van der Waals surface area contributed by atoms with Crippen molar-refractivity contribution in [1.82, 2.24) is 10.2 Å². The van der Waals surface area contributed by atoms with Crippen LogP contribution in [-0.2, 0) is 9.84 Å². The van der Waals surface area contributed by atoms with Crippen LogP contribution in [0.2, 0.25) is 0 Å². The van der Waals surface area contributed by atoms with Crippen LogP contribution in [0.3, 0.4) is 0 Å². The Balaban J connectivity index is 2.04. The second-order valence-corrected chi connectivity index (χ2v) is 8.86. The first kappa shape index (κ1) is 14.6. The fraction of sp³-hybridized carbons (Fsp3) is 1.00. The predicted octanol–water partition coefficient (Wildman–Crippen LogP) is 0.794. The molecule has 2 saturated heterocycles. The topological polar surface area (TPSA) is 49.4 Å². The summed E-state index contributed by atoms with van der Waals surface area (Å²) in [6, 6.07) is 0.518. The molecule has 2 heterocycles. The average molecular weight is 292 g/mol. The lowest BCUT2D eigenvalue weighted by Gasteiger charge is -2.36. The van der Waals surface area contributed by atoms with Crippen molar-refractivity contribution >= 4 is 21.6 Å². The first-order valence-electron chi connectivity index (χ1n) is 6.81. The number of hydrogen-bond donors (Lipinski definition) is 1. The van der Waals surface area contributed by atoms with Gasteiger partial charge in [0.15, 0.2) is 9.84 Å². The molecule has 0 saturated carbocycles. The third-order valence-electron chi connectivity index (χ3n) is 4.17. The molecule has 3 unspecified atom stereocenters. The van der Waals surface area contributed by atoms with Gasteiger partial charge in [-0.2, -0.15) is 11.8 Å². The standard InChI is InChI=1S/C12H24N2O2S2/c1-3-18(15,16)12-9-17-7-6-14(12)8-11-4-5-13-10(11)2/h10-13H,3-9H2,1-2H3. The van der Waals surface area contributed by atoms with E-state index in [4.69, 9.17) is 0 Å². The van der Waals surface area contributed by atoms with Crippen LogP contribution in [0.4, 0.5) is 0 Å². The zero-order valence-electron chi connectivity index (χ0n) is 11.3. The lowest BCUT2D eigenvalue weighted by molar-refractivity contribution is 0.220. The fourth-order valence-electron chi connectivity index (χ4n) is 2.81. The summed E-state index contributed by atoms with van der Waals surface area (Å²) in [5.74, 6) is 2.66. The highest BCUT2D eigenvalue weighted by molar-refractivity contribution is 8.01. The largest absolute Gasteiger partial charge is 0.314 e. The Kier molecular flexibility index (Phi) is 4.97. The summed E-state index contributed by atoms with van der Waals surface area (Å²) in [6.07, 6.45) is 1.17. The van der Waals surface area contributed by atoms with Crippen LogP contribution in [0.25, 0.3) is 0 Å². The number of rotatable bonds is 4. The van der Waals surface area contributed by atoms with Crippen molar-refractivity contribution in [2.45, 2.75) is 31.7 Å². The minimum absolute atomic E-state index is 0.256. The van der Waals surface area contributed by atoms with Crippen molar-refractivity contribution in [3.8, 4) is 0 Å². The zero-order valence-corrected chi connectivity index (χ0v) is 12.9. The first-order valence-corrected chi connectivity index (χ1v) is 9.68. The van der Waals surface area contributed by atoms with Crippen molar-refractivity contribution < 1.29 is 8.42 Å². The molecule has 2 aliphatic rings. The van der Waals surface area contributed by atoms with Gasteiger partial charge in [0, 0.05) is 36.4 Å². The molecule has 0 amide bonds. The van der Waals surface area contributed by atoms with Crippen molar-refractivity contribution in [2.24, 2.45) is 5.92 Å². The smallest absolute Gasteiger partial charge is 0.166 e. The highest BCUT2D eigenvalue weighted by Crippen LogP contribution is 2.25. The number of sulfone groups is 1. The van der Waals surface area contributed by atoms with Crippen molar-refractivity contribution in [2.75, 3.05) is 36.9 Å². The molecule has 2 rings (SSSR count). The summed E-state index contributed by atoms with van der Waals surface area (Å²) in [6.45, 7) is 6.88. The number of thioether (sulfide) groups is 1. The van der Waals surface area contributed by atoms with Gasteiger partial charge in [0.25, 0.3) is 0 Å². The van der Waals surface area contributed by atoms with Crippen LogP contribution in [0.15, 0.2) is 0 Å². The molecule has 3 atom stereocenters. The third kappa shape index (κ3) is 3.21. The number of nitrogens with zero attached hydrogens (tertiary/aromatic N) is 1. The molecule has 106 valence electrons. The Hall–Kier alpha value is 0.220. The Bertz CT molecular complexity index is 372. The van der Waals surface area contributed by atoms with Crippen LogP contribution in [0.1, 0.15) is 20.3 Å². The van der Waals surface area contributed by atoms with E-state index in [1.807, 2.05) is 0 Å². The summed E-state index contributed by atoms with van der Waals surface area (Å²) in [4.78, 5) is 2.21. The van der Waals surface area contributed by atoms with Crippen LogP contribution >= 0.6 is 11.8 Å². The van der Waals surface area contributed by atoms with Gasteiger partial charge in [0.1, 0.15) is 5.37 Å². The molecule has 4 nitrogen and oxygen atoms in total. The molecule has 0 spiro atoms. The van der Waals surface area contributed by atoms with Gasteiger partial charge < -0.3 is 5.32 Å². The highest BCUT2D eigenvalue weighted by Gasteiger charge is 2.35. The Labute approximate surface area is 115 Å². The molecule has 0 radical (unpaired) electrons. The molecular weight excluding hydrogens is 268 g/mol. The minimum atomic E-state index is -2.94. The number of nitrogens with one attached hydrogen (secondary N) is 1. The molecule has 1 N–H and O–H groups in total. The second-order valence-electron chi connectivity index (χ2n) is 5.27. The van der Waals surface area contributed by atoms with Gasteiger partial charge >= 0.3 is 0 Å². The average Bonchev–Trinajstić information content (AvgIpc) is 2.76. The van der Waals surface area contributed by atoms with Gasteiger partial charge in [-0.25, -0.2) is 8.42 Å². The maximum Gasteiger partial charge on any atom is 0.166 e. The highest BCUT2D eigenvalue weighted by atomic mass is 32.2.